The average molecular weight is 426 g/mol. The molecule has 2 aliphatic rings. The van der Waals surface area contributed by atoms with Crippen LogP contribution in [0.15, 0.2) is 4.79 Å². The zero-order valence-corrected chi connectivity index (χ0v) is 16.1. The zero-order valence-electron chi connectivity index (χ0n) is 16.1. The number of amides is 1. The molecule has 30 heavy (non-hydrogen) atoms. The molecule has 0 aliphatic carbocycles. The van der Waals surface area contributed by atoms with Gasteiger partial charge in [-0.25, -0.2) is 9.69 Å². The topological polar surface area (TPSA) is 226 Å². The maximum absolute atomic E-state index is 12.3. The van der Waals surface area contributed by atoms with Crippen LogP contribution in [0.1, 0.15) is 18.9 Å². The Hall–Kier alpha value is -2.80. The van der Waals surface area contributed by atoms with Gasteiger partial charge in [0.1, 0.15) is 24.1 Å². The SMILES string of the molecule is CC1C(N(C)c2nc(=O)[nH]c3c2CCN3)C(O)(O)N(C(=O)CC#N)C(O)(O)C1(O)O. The smallest absolute Gasteiger partial charge is 0.348 e. The molecule has 0 aromatic carbocycles. The van der Waals surface area contributed by atoms with Crippen molar-refractivity contribution >= 4 is 17.5 Å². The lowest BCUT2D eigenvalue weighted by molar-refractivity contribution is -0.494. The molecule has 14 nitrogen and oxygen atoms in total. The lowest BCUT2D eigenvalue weighted by atomic mass is 9.80. The van der Waals surface area contributed by atoms with Crippen molar-refractivity contribution in [2.45, 2.75) is 43.4 Å². The summed E-state index contributed by atoms with van der Waals surface area (Å²) in [5, 5.41) is 74.7. The molecule has 1 aromatic rings. The molecular formula is C16H22N6O8. The van der Waals surface area contributed by atoms with Crippen LogP contribution in [0.3, 0.4) is 0 Å². The second kappa shape index (κ2) is 6.87. The minimum atomic E-state index is -3.85. The van der Waals surface area contributed by atoms with Gasteiger partial charge >= 0.3 is 11.6 Å². The number of aliphatic hydroxyl groups is 6. The summed E-state index contributed by atoms with van der Waals surface area (Å²) in [6.07, 6.45) is -0.622. The molecule has 3 rings (SSSR count). The molecule has 2 unspecified atom stereocenters. The van der Waals surface area contributed by atoms with Crippen molar-refractivity contribution in [3.63, 3.8) is 0 Å². The average Bonchev–Trinajstić information content (AvgIpc) is 3.07. The van der Waals surface area contributed by atoms with Gasteiger partial charge in [-0.15, -0.1) is 0 Å². The highest BCUT2D eigenvalue weighted by molar-refractivity contribution is 5.79. The molecule has 0 radical (unpaired) electrons. The van der Waals surface area contributed by atoms with E-state index in [0.717, 1.165) is 11.8 Å². The fraction of sp³-hybridized carbons (Fsp3) is 0.625. The Morgan fingerprint density at radius 3 is 2.57 bits per heavy atom. The fourth-order valence-corrected chi connectivity index (χ4v) is 4.10. The van der Waals surface area contributed by atoms with Gasteiger partial charge in [0.2, 0.25) is 11.7 Å². The fourth-order valence-electron chi connectivity index (χ4n) is 4.10. The number of anilines is 2. The second-order valence-electron chi connectivity index (χ2n) is 7.35. The van der Waals surface area contributed by atoms with Crippen LogP contribution in [0, 0.1) is 17.2 Å². The monoisotopic (exact) mass is 426 g/mol. The van der Waals surface area contributed by atoms with Crippen LogP contribution < -0.4 is 15.9 Å². The lowest BCUT2D eigenvalue weighted by Crippen LogP contribution is -2.84. The Morgan fingerprint density at radius 2 is 1.97 bits per heavy atom. The van der Waals surface area contributed by atoms with Gasteiger partial charge in [-0.05, 0) is 6.42 Å². The van der Waals surface area contributed by atoms with Crippen molar-refractivity contribution in [3.8, 4) is 6.07 Å². The predicted molar refractivity (Wildman–Crippen MR) is 97.0 cm³/mol. The Bertz CT molecular complexity index is 967. The van der Waals surface area contributed by atoms with Gasteiger partial charge < -0.3 is 40.9 Å². The van der Waals surface area contributed by atoms with E-state index in [0.29, 0.717) is 24.3 Å². The number of hydrogen-bond acceptors (Lipinski definition) is 12. The molecule has 8 N–H and O–H groups in total. The van der Waals surface area contributed by atoms with Crippen molar-refractivity contribution in [3.05, 3.63) is 16.0 Å². The summed E-state index contributed by atoms with van der Waals surface area (Å²) in [6, 6.07) is -0.401. The van der Waals surface area contributed by atoms with E-state index in [-0.39, 0.29) is 10.7 Å². The van der Waals surface area contributed by atoms with E-state index in [2.05, 4.69) is 15.3 Å². The first kappa shape index (κ1) is 21.9. The first-order chi connectivity index (χ1) is 13.8. The number of nitriles is 1. The molecular weight excluding hydrogens is 404 g/mol. The van der Waals surface area contributed by atoms with E-state index < -0.39 is 47.6 Å². The Morgan fingerprint density at radius 1 is 1.33 bits per heavy atom. The van der Waals surface area contributed by atoms with Crippen molar-refractivity contribution < 1.29 is 35.4 Å². The highest BCUT2D eigenvalue weighted by Crippen LogP contribution is 2.46. The Kier molecular flexibility index (Phi) is 5.02. The van der Waals surface area contributed by atoms with Crippen molar-refractivity contribution in [2.24, 2.45) is 5.92 Å². The molecule has 0 bridgehead atoms. The number of carbonyl (C=O) groups excluding carboxylic acids is 1. The van der Waals surface area contributed by atoms with Crippen LogP contribution in [-0.2, 0) is 11.2 Å². The first-order valence-corrected chi connectivity index (χ1v) is 8.92. The molecule has 3 heterocycles. The lowest BCUT2D eigenvalue weighted by Gasteiger charge is -2.59. The van der Waals surface area contributed by atoms with Crippen LogP contribution in [0.25, 0.3) is 0 Å². The molecule has 164 valence electrons. The molecule has 14 heteroatoms. The number of likely N-dealkylation sites (tertiary alicyclic amines) is 1. The molecule has 1 aromatic heterocycles. The minimum absolute atomic E-state index is 0.0464. The molecule has 1 saturated heterocycles. The third-order valence-electron chi connectivity index (χ3n) is 5.56. The number of nitrogens with one attached hydrogen (secondary N) is 2. The predicted octanol–water partition coefficient (Wildman–Crippen LogP) is -4.11. The summed E-state index contributed by atoms with van der Waals surface area (Å²) < 4.78 is 0. The molecule has 0 spiro atoms. The van der Waals surface area contributed by atoms with E-state index in [9.17, 15) is 40.2 Å². The first-order valence-electron chi connectivity index (χ1n) is 8.92. The van der Waals surface area contributed by atoms with Gasteiger partial charge in [0.15, 0.2) is 0 Å². The Balaban J connectivity index is 2.18. The largest absolute Gasteiger partial charge is 0.371 e. The number of piperidine rings is 1. The number of rotatable bonds is 3. The third-order valence-corrected chi connectivity index (χ3v) is 5.56. The molecule has 0 saturated carbocycles. The van der Waals surface area contributed by atoms with Gasteiger partial charge in [-0.1, -0.05) is 6.92 Å². The maximum atomic E-state index is 12.3. The van der Waals surface area contributed by atoms with Crippen molar-refractivity contribution in [1.29, 1.82) is 5.26 Å². The number of likely N-dealkylation sites (N-methyl/N-ethyl adjacent to an activating group) is 1. The van der Waals surface area contributed by atoms with Gasteiger partial charge in [0.25, 0.3) is 5.91 Å². The van der Waals surface area contributed by atoms with E-state index in [1.807, 2.05) is 0 Å². The molecule has 1 fully saturated rings. The van der Waals surface area contributed by atoms with E-state index in [4.69, 9.17) is 5.26 Å². The molecule has 2 atom stereocenters. The summed E-state index contributed by atoms with van der Waals surface area (Å²) in [5.41, 5.74) is -0.286. The number of fused-ring (bicyclic) bond motifs is 1. The normalized spacial score (nSPS) is 25.8. The van der Waals surface area contributed by atoms with Gasteiger partial charge in [-0.2, -0.15) is 10.2 Å². The summed E-state index contributed by atoms with van der Waals surface area (Å²) in [6.45, 7) is 1.52. The van der Waals surface area contributed by atoms with E-state index in [1.54, 1.807) is 0 Å². The molecule has 1 amide bonds. The summed E-state index contributed by atoms with van der Waals surface area (Å²) in [4.78, 5) is 31.2. The number of aromatic amines is 1. The number of nitrogens with zero attached hydrogens (tertiary/aromatic N) is 4. The minimum Gasteiger partial charge on any atom is -0.371 e. The summed E-state index contributed by atoms with van der Waals surface area (Å²) in [5.74, 6) is -13.6. The highest BCUT2D eigenvalue weighted by Gasteiger charge is 2.72. The number of H-pyrrole nitrogens is 1. The summed E-state index contributed by atoms with van der Waals surface area (Å²) in [7, 11) is 1.26. The van der Waals surface area contributed by atoms with E-state index >= 15 is 0 Å². The van der Waals surface area contributed by atoms with Crippen LogP contribution in [0.5, 0.6) is 0 Å². The van der Waals surface area contributed by atoms with E-state index in [1.165, 1.54) is 13.1 Å². The highest BCUT2D eigenvalue weighted by atomic mass is 16.6. The van der Waals surface area contributed by atoms with Crippen LogP contribution in [0.2, 0.25) is 0 Å². The standard InChI is InChI=1S/C16H22N6O8/c1-7-10(21(2)12-8-4-6-18-11(8)19-13(24)20-12)15(27,28)22(9(23)3-5-17)16(29,30)14(7,25)26/h7,10,25-30H,3-4,6H2,1-2H3,(H2,18,19,20,24). The number of carbonyl (C=O) groups is 1. The number of aromatic nitrogens is 2. The van der Waals surface area contributed by atoms with Gasteiger partial charge in [0.05, 0.1) is 6.07 Å². The van der Waals surface area contributed by atoms with Gasteiger partial charge in [0, 0.05) is 25.1 Å². The number of hydrogen-bond donors (Lipinski definition) is 8. The van der Waals surface area contributed by atoms with Crippen molar-refractivity contribution in [2.75, 3.05) is 23.8 Å². The maximum Gasteiger partial charge on any atom is 0.348 e. The quantitative estimate of drug-likeness (QED) is 0.216. The summed E-state index contributed by atoms with van der Waals surface area (Å²) >= 11 is 0. The second-order valence-corrected chi connectivity index (χ2v) is 7.35. The van der Waals surface area contributed by atoms with Crippen LogP contribution >= 0.6 is 0 Å². The third kappa shape index (κ3) is 2.91. The Labute approximate surface area is 169 Å². The molecule has 2 aliphatic heterocycles. The van der Waals surface area contributed by atoms with Crippen LogP contribution in [0.4, 0.5) is 11.6 Å². The van der Waals surface area contributed by atoms with Crippen molar-refractivity contribution in [1.82, 2.24) is 14.9 Å². The van der Waals surface area contributed by atoms with Crippen LogP contribution in [-0.4, -0.2) is 88.7 Å². The zero-order chi connectivity index (χ0) is 22.6. The van der Waals surface area contributed by atoms with Gasteiger partial charge in [-0.3, -0.25) is 9.78 Å².